The fraction of sp³-hybridized carbons (Fsp3) is 0.421. The molecule has 1 atom stereocenters. The van der Waals surface area contributed by atoms with E-state index in [0.29, 0.717) is 24.6 Å². The number of pyridine rings is 1. The van der Waals surface area contributed by atoms with Gasteiger partial charge < -0.3 is 15.0 Å². The smallest absolute Gasteiger partial charge is 0.266 e. The molecule has 0 radical (unpaired) electrons. The topological polar surface area (TPSA) is 93.1 Å². The van der Waals surface area contributed by atoms with Crippen molar-refractivity contribution < 1.29 is 9.53 Å². The number of carbonyl (C=O) groups excluding carboxylic acids is 1. The summed E-state index contributed by atoms with van der Waals surface area (Å²) >= 11 is 2.91. The van der Waals surface area contributed by atoms with Crippen molar-refractivity contribution in [2.45, 2.75) is 33.3 Å². The highest BCUT2D eigenvalue weighted by Gasteiger charge is 2.29. The second kappa shape index (κ2) is 8.52. The number of nitrogens with zero attached hydrogens (tertiary/aromatic N) is 5. The largest absolute Gasteiger partial charge is 0.368 e. The van der Waals surface area contributed by atoms with Gasteiger partial charge in [0.25, 0.3) is 5.91 Å². The molecule has 29 heavy (non-hydrogen) atoms. The first-order chi connectivity index (χ1) is 14.0. The molecule has 0 spiro atoms. The van der Waals surface area contributed by atoms with E-state index in [-0.39, 0.29) is 12.0 Å². The summed E-state index contributed by atoms with van der Waals surface area (Å²) in [6, 6.07) is 3.92. The lowest BCUT2D eigenvalue weighted by atomic mass is 10.1. The van der Waals surface area contributed by atoms with E-state index < -0.39 is 0 Å². The predicted octanol–water partition coefficient (Wildman–Crippen LogP) is 3.53. The molecular formula is C19H22N6O2S2. The Morgan fingerprint density at radius 1 is 1.34 bits per heavy atom. The zero-order valence-electron chi connectivity index (χ0n) is 16.5. The Bertz CT molecular complexity index is 1020. The summed E-state index contributed by atoms with van der Waals surface area (Å²) in [6.07, 6.45) is 0.584. The van der Waals surface area contributed by atoms with Gasteiger partial charge in [-0.1, -0.05) is 18.3 Å². The van der Waals surface area contributed by atoms with Gasteiger partial charge in [-0.2, -0.15) is 0 Å². The van der Waals surface area contributed by atoms with Crippen LogP contribution in [0.4, 0.5) is 10.8 Å². The second-order valence-corrected chi connectivity index (χ2v) is 8.70. The van der Waals surface area contributed by atoms with Crippen molar-refractivity contribution in [2.75, 3.05) is 25.0 Å². The molecule has 0 bridgehead atoms. The van der Waals surface area contributed by atoms with Gasteiger partial charge in [-0.25, -0.2) is 4.98 Å². The lowest BCUT2D eigenvalue weighted by molar-refractivity contribution is -0.0246. The molecule has 4 rings (SSSR count). The van der Waals surface area contributed by atoms with E-state index in [1.54, 1.807) is 5.51 Å². The Hall–Kier alpha value is -2.43. The Morgan fingerprint density at radius 2 is 2.21 bits per heavy atom. The molecule has 0 saturated carbocycles. The Balaban J connectivity index is 1.52. The van der Waals surface area contributed by atoms with Crippen molar-refractivity contribution in [1.29, 1.82) is 0 Å². The summed E-state index contributed by atoms with van der Waals surface area (Å²) in [5.74, 6) is 0.00487. The van der Waals surface area contributed by atoms with Gasteiger partial charge in [-0.3, -0.25) is 9.78 Å². The highest BCUT2D eigenvalue weighted by Crippen LogP contribution is 2.28. The summed E-state index contributed by atoms with van der Waals surface area (Å²) in [7, 11) is 0. The van der Waals surface area contributed by atoms with Crippen LogP contribution < -0.4 is 5.32 Å². The maximum Gasteiger partial charge on any atom is 0.266 e. The summed E-state index contributed by atoms with van der Waals surface area (Å²) in [4.78, 5) is 24.2. The minimum Gasteiger partial charge on any atom is -0.368 e. The molecule has 0 unspecified atom stereocenters. The molecule has 0 aliphatic carbocycles. The molecule has 1 N–H and O–H groups in total. The van der Waals surface area contributed by atoms with E-state index in [1.807, 2.05) is 30.9 Å². The van der Waals surface area contributed by atoms with Crippen molar-refractivity contribution in [2.24, 2.45) is 0 Å². The number of morpholine rings is 1. The molecule has 152 valence electrons. The van der Waals surface area contributed by atoms with Gasteiger partial charge in [-0.05, 0) is 32.4 Å². The molecule has 1 aliphatic rings. The average molecular weight is 431 g/mol. The van der Waals surface area contributed by atoms with E-state index in [0.717, 1.165) is 39.3 Å². The predicted molar refractivity (Wildman–Crippen MR) is 113 cm³/mol. The van der Waals surface area contributed by atoms with Crippen LogP contribution in [-0.4, -0.2) is 50.7 Å². The van der Waals surface area contributed by atoms with Gasteiger partial charge in [0.2, 0.25) is 5.13 Å². The number of aryl methyl sites for hydroxylation is 3. The summed E-state index contributed by atoms with van der Waals surface area (Å²) in [5, 5.41) is 13.4. The Morgan fingerprint density at radius 3 is 2.93 bits per heavy atom. The fourth-order valence-electron chi connectivity index (χ4n) is 3.17. The number of thiazole rings is 1. The van der Waals surface area contributed by atoms with Gasteiger partial charge in [0.05, 0.1) is 30.1 Å². The number of hydrogen-bond acceptors (Lipinski definition) is 9. The highest BCUT2D eigenvalue weighted by atomic mass is 32.1. The van der Waals surface area contributed by atoms with Crippen molar-refractivity contribution in [3.63, 3.8) is 0 Å². The molecule has 3 aromatic rings. The quantitative estimate of drug-likeness (QED) is 0.662. The van der Waals surface area contributed by atoms with Crippen LogP contribution in [0.5, 0.6) is 0 Å². The van der Waals surface area contributed by atoms with Gasteiger partial charge in [0.15, 0.2) is 0 Å². The molecule has 1 aliphatic heterocycles. The number of rotatable bonds is 5. The molecule has 4 heterocycles. The number of anilines is 2. The molecule has 8 nitrogen and oxygen atoms in total. The molecule has 0 aromatic carbocycles. The minimum absolute atomic E-state index is 0.00487. The van der Waals surface area contributed by atoms with Crippen molar-refractivity contribution in [3.05, 3.63) is 44.6 Å². The van der Waals surface area contributed by atoms with Crippen LogP contribution >= 0.6 is 22.7 Å². The second-order valence-electron chi connectivity index (χ2n) is 6.78. The number of aromatic nitrogens is 4. The first kappa shape index (κ1) is 19.9. The molecule has 1 fully saturated rings. The average Bonchev–Trinajstić information content (AvgIpc) is 3.35. The monoisotopic (exact) mass is 430 g/mol. The first-order valence-electron chi connectivity index (χ1n) is 9.42. The van der Waals surface area contributed by atoms with E-state index in [4.69, 9.17) is 4.74 Å². The van der Waals surface area contributed by atoms with E-state index in [1.165, 1.54) is 22.7 Å². The van der Waals surface area contributed by atoms with Gasteiger partial charge in [0.1, 0.15) is 16.0 Å². The van der Waals surface area contributed by atoms with Gasteiger partial charge >= 0.3 is 0 Å². The standard InChI is InChI=1S/C19H22N6O2S2/c1-4-16-23-24-19(29-16)22-13-7-11(2)21-14(8-13)15-9-25(5-6-27-15)18(26)17-12(3)20-10-28-17/h7-8,10,15H,4-6,9H2,1-3H3,(H,21,22,24)/t15-/m0/s1. The summed E-state index contributed by atoms with van der Waals surface area (Å²) < 4.78 is 5.95. The van der Waals surface area contributed by atoms with Crippen LogP contribution in [0.1, 0.15) is 44.8 Å². The van der Waals surface area contributed by atoms with E-state index in [9.17, 15) is 4.79 Å². The van der Waals surface area contributed by atoms with Crippen LogP contribution in [0.25, 0.3) is 0 Å². The molecule has 1 amide bonds. The van der Waals surface area contributed by atoms with E-state index >= 15 is 0 Å². The van der Waals surface area contributed by atoms with Crippen molar-refractivity contribution in [1.82, 2.24) is 25.1 Å². The molecule has 10 heteroatoms. The Kier molecular flexibility index (Phi) is 5.84. The third kappa shape index (κ3) is 4.44. The zero-order valence-corrected chi connectivity index (χ0v) is 18.1. The maximum absolute atomic E-state index is 12.9. The van der Waals surface area contributed by atoms with E-state index in [2.05, 4.69) is 32.4 Å². The number of nitrogens with one attached hydrogen (secondary N) is 1. The first-order valence-corrected chi connectivity index (χ1v) is 11.1. The normalized spacial score (nSPS) is 16.8. The molecule has 3 aromatic heterocycles. The zero-order chi connectivity index (χ0) is 20.4. The van der Waals surface area contributed by atoms with Crippen LogP contribution in [0.3, 0.4) is 0 Å². The minimum atomic E-state index is -0.276. The van der Waals surface area contributed by atoms with Crippen LogP contribution in [-0.2, 0) is 11.2 Å². The fourth-order valence-corrected chi connectivity index (χ4v) is 4.63. The SMILES string of the molecule is CCc1nnc(Nc2cc(C)nc([C@@H]3CN(C(=O)c4scnc4C)CCO3)c2)s1. The lowest BCUT2D eigenvalue weighted by Crippen LogP contribution is -2.42. The number of hydrogen-bond donors (Lipinski definition) is 1. The van der Waals surface area contributed by atoms with Crippen LogP contribution in [0, 0.1) is 13.8 Å². The molecular weight excluding hydrogens is 408 g/mol. The third-order valence-electron chi connectivity index (χ3n) is 4.62. The lowest BCUT2D eigenvalue weighted by Gasteiger charge is -2.32. The van der Waals surface area contributed by atoms with Crippen LogP contribution in [0.2, 0.25) is 0 Å². The van der Waals surface area contributed by atoms with Gasteiger partial charge in [-0.15, -0.1) is 21.5 Å². The highest BCUT2D eigenvalue weighted by molar-refractivity contribution is 7.15. The number of amides is 1. The molecule has 1 saturated heterocycles. The number of ether oxygens (including phenoxy) is 1. The van der Waals surface area contributed by atoms with Crippen LogP contribution in [0.15, 0.2) is 17.6 Å². The number of carbonyl (C=O) groups is 1. The maximum atomic E-state index is 12.9. The Labute approximate surface area is 177 Å². The van der Waals surface area contributed by atoms with Crippen molar-refractivity contribution >= 4 is 39.4 Å². The summed E-state index contributed by atoms with van der Waals surface area (Å²) in [6.45, 7) is 7.36. The summed E-state index contributed by atoms with van der Waals surface area (Å²) in [5.41, 5.74) is 5.03. The van der Waals surface area contributed by atoms with Gasteiger partial charge in [0, 0.05) is 17.9 Å². The third-order valence-corrected chi connectivity index (χ3v) is 6.52. The van der Waals surface area contributed by atoms with Crippen molar-refractivity contribution in [3.8, 4) is 0 Å².